The average molecular weight is 481 g/mol. The van der Waals surface area contributed by atoms with E-state index in [0.717, 1.165) is 35.4 Å². The average Bonchev–Trinajstić information content (AvgIpc) is 2.84. The minimum atomic E-state index is -0.108. The summed E-state index contributed by atoms with van der Waals surface area (Å²) in [6.07, 6.45) is 6.42. The topological polar surface area (TPSA) is 67.9 Å². The molecule has 0 radical (unpaired) electrons. The third-order valence-electron chi connectivity index (χ3n) is 6.53. The second kappa shape index (κ2) is 10.6. The number of hydrogen-bond acceptors (Lipinski definition) is 5. The largest absolute Gasteiger partial charge is 0.493 e. The third kappa shape index (κ3) is 5.09. The summed E-state index contributed by atoms with van der Waals surface area (Å²) >= 11 is 1.41. The molecule has 2 atom stereocenters. The first kappa shape index (κ1) is 24.2. The molecule has 0 bridgehead atoms. The summed E-state index contributed by atoms with van der Waals surface area (Å²) in [5, 5.41) is 3.20. The van der Waals surface area contributed by atoms with Gasteiger partial charge in [0.15, 0.2) is 11.5 Å². The van der Waals surface area contributed by atoms with Crippen LogP contribution in [0.3, 0.4) is 0 Å². The van der Waals surface area contributed by atoms with Gasteiger partial charge in [0.05, 0.1) is 24.3 Å². The molecule has 4 rings (SSSR count). The highest BCUT2D eigenvalue weighted by molar-refractivity contribution is 8.04. The molecule has 2 amide bonds. The quantitative estimate of drug-likeness (QED) is 0.552. The van der Waals surface area contributed by atoms with E-state index in [1.54, 1.807) is 19.1 Å². The Morgan fingerprint density at radius 3 is 2.71 bits per heavy atom. The predicted molar refractivity (Wildman–Crippen MR) is 137 cm³/mol. The lowest BCUT2D eigenvalue weighted by molar-refractivity contribution is -0.114. The fourth-order valence-electron chi connectivity index (χ4n) is 4.52. The molecular weight excluding hydrogens is 448 g/mol. The van der Waals surface area contributed by atoms with Crippen LogP contribution in [0.2, 0.25) is 0 Å². The molecular formula is C27H32N2O4S. The monoisotopic (exact) mass is 480 g/mol. The number of fused-ring (bicyclic) bond motifs is 1. The van der Waals surface area contributed by atoms with E-state index >= 15 is 0 Å². The maximum atomic E-state index is 13.1. The fraction of sp³-hybridized carbons (Fsp3) is 0.407. The summed E-state index contributed by atoms with van der Waals surface area (Å²) in [7, 11) is 3.35. The Labute approximate surface area is 205 Å². The minimum Gasteiger partial charge on any atom is -0.493 e. The highest BCUT2D eigenvalue weighted by atomic mass is 32.2. The van der Waals surface area contributed by atoms with Crippen molar-refractivity contribution in [1.29, 1.82) is 0 Å². The van der Waals surface area contributed by atoms with Crippen molar-refractivity contribution in [2.24, 2.45) is 5.92 Å². The van der Waals surface area contributed by atoms with Crippen LogP contribution >= 0.6 is 11.8 Å². The molecule has 2 aromatic carbocycles. The van der Waals surface area contributed by atoms with E-state index in [2.05, 4.69) is 12.2 Å². The normalized spacial score (nSPS) is 21.2. The zero-order valence-corrected chi connectivity index (χ0v) is 21.0. The first-order valence-electron chi connectivity index (χ1n) is 11.8. The number of likely N-dealkylation sites (N-methyl/N-ethyl adjacent to an activating group) is 1. The van der Waals surface area contributed by atoms with Crippen molar-refractivity contribution in [2.45, 2.75) is 50.5 Å². The van der Waals surface area contributed by atoms with Crippen LogP contribution in [0, 0.1) is 5.92 Å². The van der Waals surface area contributed by atoms with E-state index < -0.39 is 0 Å². The van der Waals surface area contributed by atoms with Crippen molar-refractivity contribution in [2.75, 3.05) is 25.7 Å². The molecule has 1 aliphatic carbocycles. The Bertz CT molecular complexity index is 1110. The number of hydrogen-bond donors (Lipinski definition) is 1. The van der Waals surface area contributed by atoms with E-state index in [9.17, 15) is 9.59 Å². The molecule has 1 aliphatic heterocycles. The van der Waals surface area contributed by atoms with Crippen molar-refractivity contribution < 1.29 is 19.1 Å². The first-order chi connectivity index (χ1) is 16.4. The van der Waals surface area contributed by atoms with Gasteiger partial charge in [-0.3, -0.25) is 9.59 Å². The number of anilines is 1. The summed E-state index contributed by atoms with van der Waals surface area (Å²) in [5.41, 5.74) is 2.19. The van der Waals surface area contributed by atoms with Gasteiger partial charge < -0.3 is 19.7 Å². The highest BCUT2D eigenvalue weighted by Gasteiger charge is 2.28. The number of thioether (sulfide) groups is 1. The smallest absolute Gasteiger partial charge is 0.264 e. The summed E-state index contributed by atoms with van der Waals surface area (Å²) in [6, 6.07) is 11.4. The van der Waals surface area contributed by atoms with Gasteiger partial charge in [-0.2, -0.15) is 0 Å². The molecule has 0 unspecified atom stereocenters. The number of ether oxygens (including phenoxy) is 2. The van der Waals surface area contributed by atoms with E-state index in [-0.39, 0.29) is 17.9 Å². The van der Waals surface area contributed by atoms with Gasteiger partial charge in [0.1, 0.15) is 0 Å². The Balaban J connectivity index is 1.55. The van der Waals surface area contributed by atoms with E-state index in [1.165, 1.54) is 18.2 Å². The molecule has 0 saturated heterocycles. The molecule has 6 nitrogen and oxygen atoms in total. The SMILES string of the molecule is CCOc1ccc(/C=C2/Sc3ccc(C(=O)N[C@@H]4CCCC[C@H]4C)cc3N(C)C2=O)cc1OC. The third-order valence-corrected chi connectivity index (χ3v) is 7.61. The van der Waals surface area contributed by atoms with Gasteiger partial charge in [-0.25, -0.2) is 0 Å². The van der Waals surface area contributed by atoms with Crippen molar-refractivity contribution >= 4 is 35.3 Å². The fourth-order valence-corrected chi connectivity index (χ4v) is 5.61. The molecule has 0 spiro atoms. The molecule has 0 aromatic heterocycles. The first-order valence-corrected chi connectivity index (χ1v) is 12.7. The lowest BCUT2D eigenvalue weighted by atomic mass is 9.86. The molecule has 34 heavy (non-hydrogen) atoms. The van der Waals surface area contributed by atoms with E-state index in [4.69, 9.17) is 9.47 Å². The van der Waals surface area contributed by atoms with Crippen LogP contribution in [0.1, 0.15) is 55.5 Å². The zero-order chi connectivity index (χ0) is 24.2. The Morgan fingerprint density at radius 1 is 1.18 bits per heavy atom. The summed E-state index contributed by atoms with van der Waals surface area (Å²) in [4.78, 5) is 29.2. The number of nitrogens with zero attached hydrogens (tertiary/aromatic N) is 1. The van der Waals surface area contributed by atoms with E-state index in [1.807, 2.05) is 49.4 Å². The number of benzene rings is 2. The van der Waals surface area contributed by atoms with Gasteiger partial charge in [-0.05, 0) is 67.7 Å². The van der Waals surface area contributed by atoms with Gasteiger partial charge in [-0.1, -0.05) is 37.6 Å². The Kier molecular flexibility index (Phi) is 7.51. The second-order valence-electron chi connectivity index (χ2n) is 8.84. The van der Waals surface area contributed by atoms with Crippen molar-refractivity contribution in [3.8, 4) is 11.5 Å². The Morgan fingerprint density at radius 2 is 1.97 bits per heavy atom. The summed E-state index contributed by atoms with van der Waals surface area (Å²) in [5.74, 6) is 1.61. The molecule has 7 heteroatoms. The molecule has 2 aliphatic rings. The van der Waals surface area contributed by atoms with Gasteiger partial charge in [0.2, 0.25) is 0 Å². The maximum Gasteiger partial charge on any atom is 0.264 e. The van der Waals surface area contributed by atoms with Crippen LogP contribution in [0.15, 0.2) is 46.2 Å². The zero-order valence-electron chi connectivity index (χ0n) is 20.2. The van der Waals surface area contributed by atoms with Gasteiger partial charge in [0, 0.05) is 23.5 Å². The Hall–Kier alpha value is -2.93. The van der Waals surface area contributed by atoms with Crippen molar-refractivity contribution in [3.05, 3.63) is 52.4 Å². The lowest BCUT2D eigenvalue weighted by Gasteiger charge is -2.30. The number of carbonyl (C=O) groups is 2. The highest BCUT2D eigenvalue weighted by Crippen LogP contribution is 2.42. The van der Waals surface area contributed by atoms with Crippen LogP contribution in [0.25, 0.3) is 6.08 Å². The molecule has 1 N–H and O–H groups in total. The predicted octanol–water partition coefficient (Wildman–Crippen LogP) is 5.51. The van der Waals surface area contributed by atoms with Gasteiger partial charge >= 0.3 is 0 Å². The lowest BCUT2D eigenvalue weighted by Crippen LogP contribution is -2.41. The number of amides is 2. The van der Waals surface area contributed by atoms with Gasteiger partial charge in [0.25, 0.3) is 11.8 Å². The van der Waals surface area contributed by atoms with Crippen LogP contribution in [0.4, 0.5) is 5.69 Å². The molecule has 180 valence electrons. The molecule has 1 heterocycles. The molecule has 2 aromatic rings. The maximum absolute atomic E-state index is 13.1. The van der Waals surface area contributed by atoms with Crippen LogP contribution in [0.5, 0.6) is 11.5 Å². The molecule has 1 fully saturated rings. The van der Waals surface area contributed by atoms with Crippen LogP contribution in [-0.4, -0.2) is 38.6 Å². The van der Waals surface area contributed by atoms with Crippen LogP contribution in [-0.2, 0) is 4.79 Å². The summed E-state index contributed by atoms with van der Waals surface area (Å²) in [6.45, 7) is 4.67. The van der Waals surface area contributed by atoms with Crippen LogP contribution < -0.4 is 19.7 Å². The van der Waals surface area contributed by atoms with Crippen molar-refractivity contribution in [1.82, 2.24) is 5.32 Å². The standard InChI is InChI=1S/C27H32N2O4S/c1-5-33-22-12-10-18(14-23(22)32-4)15-25-27(31)29(3)21-16-19(11-13-24(21)34-25)26(30)28-20-9-7-6-8-17(20)2/h10-17,20H,5-9H2,1-4H3,(H,28,30)/b25-15+/t17-,20-/m1/s1. The minimum absolute atomic E-state index is 0.0739. The number of carbonyl (C=O) groups excluding carboxylic acids is 2. The number of methoxy groups -OCH3 is 1. The molecule has 1 saturated carbocycles. The number of nitrogens with one attached hydrogen (secondary N) is 1. The summed E-state index contributed by atoms with van der Waals surface area (Å²) < 4.78 is 11.0. The van der Waals surface area contributed by atoms with Gasteiger partial charge in [-0.15, -0.1) is 0 Å². The van der Waals surface area contributed by atoms with Crippen molar-refractivity contribution in [3.63, 3.8) is 0 Å². The number of rotatable bonds is 6. The van der Waals surface area contributed by atoms with E-state index in [0.29, 0.717) is 34.5 Å². The second-order valence-corrected chi connectivity index (χ2v) is 9.93.